The number of hydrogen-bond donors (Lipinski definition) is 1. The highest BCUT2D eigenvalue weighted by Gasteiger charge is 2.33. The van der Waals surface area contributed by atoms with Gasteiger partial charge in [-0.2, -0.15) is 0 Å². The summed E-state index contributed by atoms with van der Waals surface area (Å²) in [4.78, 5) is 17.2. The molecule has 0 spiro atoms. The standard InChI is InChI=1S/C18H14ClNO4S/c1-2-23-18(22)15-16(21)14(10-13-4-3-9-24-13)25-17(15)20-12-7-5-11(19)6-8-12/h3-10,21H,2H2,1H3/b14-10-,20-17?. The summed E-state index contributed by atoms with van der Waals surface area (Å²) in [5.41, 5.74) is 0.653. The molecule has 0 unspecified atom stereocenters. The number of halogens is 1. The number of carbonyl (C=O) groups is 1. The first kappa shape index (κ1) is 17.4. The van der Waals surface area contributed by atoms with Gasteiger partial charge in [-0.25, -0.2) is 9.79 Å². The van der Waals surface area contributed by atoms with Crippen LogP contribution in [0.15, 0.2) is 68.3 Å². The summed E-state index contributed by atoms with van der Waals surface area (Å²) in [6.07, 6.45) is 3.17. The average Bonchev–Trinajstić information content (AvgIpc) is 3.19. The minimum absolute atomic E-state index is 0.0413. The average molecular weight is 376 g/mol. The van der Waals surface area contributed by atoms with Crippen molar-refractivity contribution in [1.29, 1.82) is 0 Å². The second-order valence-electron chi connectivity index (χ2n) is 4.96. The van der Waals surface area contributed by atoms with Crippen molar-refractivity contribution in [2.24, 2.45) is 4.99 Å². The van der Waals surface area contributed by atoms with Crippen LogP contribution >= 0.6 is 23.4 Å². The van der Waals surface area contributed by atoms with E-state index in [4.69, 9.17) is 20.8 Å². The van der Waals surface area contributed by atoms with E-state index in [1.165, 1.54) is 18.0 Å². The first-order valence-electron chi connectivity index (χ1n) is 7.47. The molecule has 1 aromatic heterocycles. The molecule has 0 atom stereocenters. The highest BCUT2D eigenvalue weighted by molar-refractivity contribution is 8.18. The molecule has 0 saturated carbocycles. The molecule has 0 saturated heterocycles. The Bertz CT molecular complexity index is 867. The van der Waals surface area contributed by atoms with Gasteiger partial charge in [-0.1, -0.05) is 23.4 Å². The number of carbonyl (C=O) groups excluding carboxylic acids is 1. The lowest BCUT2D eigenvalue weighted by Gasteiger charge is -2.03. The highest BCUT2D eigenvalue weighted by atomic mass is 35.5. The number of aliphatic hydroxyl groups is 1. The van der Waals surface area contributed by atoms with Gasteiger partial charge < -0.3 is 14.3 Å². The van der Waals surface area contributed by atoms with Crippen molar-refractivity contribution in [3.8, 4) is 0 Å². The third kappa shape index (κ3) is 3.97. The second-order valence-corrected chi connectivity index (χ2v) is 6.43. The number of rotatable bonds is 4. The van der Waals surface area contributed by atoms with E-state index in [1.54, 1.807) is 49.4 Å². The van der Waals surface area contributed by atoms with Crippen LogP contribution in [0.4, 0.5) is 5.69 Å². The Labute approximate surface area is 153 Å². The topological polar surface area (TPSA) is 72.0 Å². The molecule has 2 aromatic rings. The third-order valence-electron chi connectivity index (χ3n) is 3.24. The van der Waals surface area contributed by atoms with Gasteiger partial charge in [0.05, 0.1) is 23.5 Å². The molecule has 1 aromatic carbocycles. The summed E-state index contributed by atoms with van der Waals surface area (Å²) in [6.45, 7) is 1.90. The van der Waals surface area contributed by atoms with Crippen molar-refractivity contribution in [2.45, 2.75) is 6.92 Å². The number of ether oxygens (including phenoxy) is 1. The maximum atomic E-state index is 12.3. The Morgan fingerprint density at radius 1 is 1.36 bits per heavy atom. The monoisotopic (exact) mass is 375 g/mol. The molecule has 2 heterocycles. The number of aliphatic hydroxyl groups excluding tert-OH is 1. The predicted molar refractivity (Wildman–Crippen MR) is 99.1 cm³/mol. The maximum absolute atomic E-state index is 12.3. The second kappa shape index (κ2) is 7.63. The normalized spacial score (nSPS) is 17.5. The Balaban J connectivity index is 2.02. The van der Waals surface area contributed by atoms with E-state index >= 15 is 0 Å². The van der Waals surface area contributed by atoms with Crippen LogP contribution in [0.1, 0.15) is 12.7 Å². The minimum atomic E-state index is -0.622. The van der Waals surface area contributed by atoms with E-state index < -0.39 is 5.97 Å². The lowest BCUT2D eigenvalue weighted by Crippen LogP contribution is -2.12. The summed E-state index contributed by atoms with van der Waals surface area (Å²) in [6, 6.07) is 10.3. The molecule has 1 N–H and O–H groups in total. The Morgan fingerprint density at radius 2 is 2.12 bits per heavy atom. The first-order chi connectivity index (χ1) is 12.1. The van der Waals surface area contributed by atoms with E-state index in [1.807, 2.05) is 0 Å². The van der Waals surface area contributed by atoms with Gasteiger partial charge >= 0.3 is 5.97 Å². The van der Waals surface area contributed by atoms with E-state index in [9.17, 15) is 9.90 Å². The highest BCUT2D eigenvalue weighted by Crippen LogP contribution is 2.40. The van der Waals surface area contributed by atoms with Crippen LogP contribution in [0.5, 0.6) is 0 Å². The van der Waals surface area contributed by atoms with Gasteiger partial charge in [0, 0.05) is 5.02 Å². The van der Waals surface area contributed by atoms with Gasteiger partial charge in [-0.05, 0) is 49.4 Å². The molecule has 0 radical (unpaired) electrons. The van der Waals surface area contributed by atoms with E-state index in [2.05, 4.69) is 4.99 Å². The van der Waals surface area contributed by atoms with Crippen LogP contribution < -0.4 is 0 Å². The molecule has 1 aliphatic rings. The minimum Gasteiger partial charge on any atom is -0.506 e. The number of benzene rings is 1. The van der Waals surface area contributed by atoms with Crippen molar-refractivity contribution in [2.75, 3.05) is 6.61 Å². The molecular formula is C18H14ClNO4S. The number of esters is 1. The number of furan rings is 1. The molecule has 7 heteroatoms. The fourth-order valence-corrected chi connectivity index (χ4v) is 3.27. The van der Waals surface area contributed by atoms with Crippen molar-refractivity contribution in [3.05, 3.63) is 69.7 Å². The van der Waals surface area contributed by atoms with Crippen molar-refractivity contribution >= 4 is 46.1 Å². The Morgan fingerprint density at radius 3 is 2.76 bits per heavy atom. The van der Waals surface area contributed by atoms with Gasteiger partial charge in [0.25, 0.3) is 0 Å². The number of hydrogen-bond acceptors (Lipinski definition) is 6. The molecule has 3 rings (SSSR count). The molecule has 0 fully saturated rings. The Kier molecular flexibility index (Phi) is 5.31. The number of nitrogens with zero attached hydrogens (tertiary/aromatic N) is 1. The largest absolute Gasteiger partial charge is 0.506 e. The van der Waals surface area contributed by atoms with Crippen LogP contribution in [-0.4, -0.2) is 22.7 Å². The van der Waals surface area contributed by atoms with E-state index in [0.717, 1.165) is 0 Å². The summed E-state index contributed by atoms with van der Waals surface area (Å²) >= 11 is 7.05. The fourth-order valence-electron chi connectivity index (χ4n) is 2.13. The SMILES string of the molecule is CCOC(=O)C1=C(O)/C(=C/c2ccco2)SC1=Nc1ccc(Cl)cc1. The van der Waals surface area contributed by atoms with Crippen LogP contribution in [0.3, 0.4) is 0 Å². The van der Waals surface area contributed by atoms with Gasteiger partial charge in [0.2, 0.25) is 0 Å². The molecule has 0 bridgehead atoms. The smallest absolute Gasteiger partial charge is 0.344 e. The molecule has 0 amide bonds. The van der Waals surface area contributed by atoms with Crippen LogP contribution in [0.2, 0.25) is 5.02 Å². The summed E-state index contributed by atoms with van der Waals surface area (Å²) in [5, 5.41) is 11.4. The number of thioether (sulfide) groups is 1. The molecule has 5 nitrogen and oxygen atoms in total. The molecular weight excluding hydrogens is 362 g/mol. The first-order valence-corrected chi connectivity index (χ1v) is 8.66. The van der Waals surface area contributed by atoms with Gasteiger partial charge in [-0.15, -0.1) is 0 Å². The van der Waals surface area contributed by atoms with E-state index in [0.29, 0.717) is 26.4 Å². The summed E-state index contributed by atoms with van der Waals surface area (Å²) < 4.78 is 10.3. The zero-order chi connectivity index (χ0) is 17.8. The van der Waals surface area contributed by atoms with Crippen LogP contribution in [0, 0.1) is 0 Å². The Hall–Kier alpha value is -2.44. The molecule has 1 aliphatic heterocycles. The van der Waals surface area contributed by atoms with Crippen molar-refractivity contribution in [3.63, 3.8) is 0 Å². The quantitative estimate of drug-likeness (QED) is 0.750. The predicted octanol–water partition coefficient (Wildman–Crippen LogP) is 5.13. The zero-order valence-electron chi connectivity index (χ0n) is 13.2. The van der Waals surface area contributed by atoms with Crippen molar-refractivity contribution < 1.29 is 19.1 Å². The maximum Gasteiger partial charge on any atom is 0.344 e. The van der Waals surface area contributed by atoms with Crippen LogP contribution in [0.25, 0.3) is 6.08 Å². The molecule has 128 valence electrons. The van der Waals surface area contributed by atoms with E-state index in [-0.39, 0.29) is 17.9 Å². The molecule has 25 heavy (non-hydrogen) atoms. The van der Waals surface area contributed by atoms with Crippen LogP contribution in [-0.2, 0) is 9.53 Å². The lowest BCUT2D eigenvalue weighted by atomic mass is 10.2. The van der Waals surface area contributed by atoms with Gasteiger partial charge in [-0.3, -0.25) is 0 Å². The number of aliphatic imine (C=N–C) groups is 1. The van der Waals surface area contributed by atoms with Gasteiger partial charge in [0.1, 0.15) is 22.1 Å². The summed E-state index contributed by atoms with van der Waals surface area (Å²) in [7, 11) is 0. The third-order valence-corrected chi connectivity index (χ3v) is 4.52. The fraction of sp³-hybridized carbons (Fsp3) is 0.111. The van der Waals surface area contributed by atoms with Gasteiger partial charge in [0.15, 0.2) is 0 Å². The summed E-state index contributed by atoms with van der Waals surface area (Å²) in [5.74, 6) is -0.236. The zero-order valence-corrected chi connectivity index (χ0v) is 14.8. The van der Waals surface area contributed by atoms with Crippen molar-refractivity contribution in [1.82, 2.24) is 0 Å². The molecule has 0 aliphatic carbocycles. The lowest BCUT2D eigenvalue weighted by molar-refractivity contribution is -0.138.